The molecule has 0 saturated carbocycles. The number of carbonyl (C=O) groups is 2. The van der Waals surface area contributed by atoms with Gasteiger partial charge in [-0.2, -0.15) is 0 Å². The fraction of sp³-hybridized carbons (Fsp3) is 0.857. The van der Waals surface area contributed by atoms with Crippen LogP contribution in [-0.4, -0.2) is 141 Å². The molecule has 0 aromatic carbocycles. The summed E-state index contributed by atoms with van der Waals surface area (Å²) < 4.78 is 54.9. The Morgan fingerprint density at radius 1 is 0.831 bits per heavy atom. The maximum atomic E-state index is 14.1. The van der Waals surface area contributed by atoms with Crippen LogP contribution in [0.3, 0.4) is 0 Å². The third-order valence-electron chi connectivity index (χ3n) is 17.6. The van der Waals surface area contributed by atoms with E-state index in [0.717, 1.165) is 91.5 Å². The van der Waals surface area contributed by atoms with E-state index in [1.54, 1.807) is 0 Å². The maximum absolute atomic E-state index is 14.1. The van der Waals surface area contributed by atoms with Crippen molar-refractivity contribution in [1.82, 2.24) is 9.80 Å². The average Bonchev–Trinajstić information content (AvgIpc) is 4.18. The van der Waals surface area contributed by atoms with E-state index in [1.165, 1.54) is 0 Å². The van der Waals surface area contributed by atoms with Gasteiger partial charge >= 0.3 is 12.1 Å². The monoisotopic (exact) mass is 1050 g/mol. The van der Waals surface area contributed by atoms with Crippen LogP contribution in [-0.2, 0) is 41.8 Å². The Bertz CT molecular complexity index is 1670. The standard InChI is InChI=1S/C56H106N2O10Si3/c1-19-49(67-70(24-6,25-7)26-8)45(14)52-53(64-52)56(17,65-46(15)61-20-2)55(16,68-71(27-9,28-10)29-11)37-36-43(12)44(13)50-35-31-33-47(62-54(60)58-40-38-57(18)39-41-58)32-30-34-48(42-51(59)63-50)66-69(21-3,22-4)23-5/h31,33,36-37,45-50,52-53H,19-30,32,34-35,38-42H2,1-18H3/b33-31+,37-36+,44-43+/t45-,46-,47-,48-,49+,50-,52+,53+,55-,56-/m1/s1. The minimum absolute atomic E-state index is 0.0782. The number of likely N-dealkylation sites (N-methyl/N-ethyl adjacent to an activating group) is 1. The van der Waals surface area contributed by atoms with Crippen molar-refractivity contribution in [3.63, 3.8) is 0 Å². The Kier molecular flexibility index (Phi) is 26.5. The van der Waals surface area contributed by atoms with Crippen LogP contribution in [0.25, 0.3) is 0 Å². The highest BCUT2D eigenvalue weighted by Crippen LogP contribution is 2.50. The summed E-state index contributed by atoms with van der Waals surface area (Å²) in [5, 5.41) is 0. The van der Waals surface area contributed by atoms with Gasteiger partial charge < -0.3 is 46.8 Å². The summed E-state index contributed by atoms with van der Waals surface area (Å²) in [6.07, 6.45) is 9.70. The molecule has 2 saturated heterocycles. The van der Waals surface area contributed by atoms with Crippen LogP contribution in [0, 0.1) is 5.92 Å². The summed E-state index contributed by atoms with van der Waals surface area (Å²) in [6.45, 7) is 40.8. The van der Waals surface area contributed by atoms with Crippen molar-refractivity contribution >= 4 is 37.0 Å². The minimum Gasteiger partial charge on any atom is -0.457 e. The Hall–Kier alpha value is -1.67. The number of esters is 1. The van der Waals surface area contributed by atoms with Crippen molar-refractivity contribution in [2.24, 2.45) is 5.92 Å². The zero-order chi connectivity index (χ0) is 53.2. The first-order chi connectivity index (χ1) is 33.6. The number of rotatable bonds is 28. The average molecular weight is 1050 g/mol. The molecule has 0 aromatic rings. The van der Waals surface area contributed by atoms with Gasteiger partial charge in [-0.25, -0.2) is 4.79 Å². The lowest BCUT2D eigenvalue weighted by Gasteiger charge is -2.49. The number of amides is 1. The van der Waals surface area contributed by atoms with Gasteiger partial charge in [-0.1, -0.05) is 94.4 Å². The van der Waals surface area contributed by atoms with Gasteiger partial charge in [-0.15, -0.1) is 0 Å². The molecule has 0 aliphatic carbocycles. The molecule has 15 heteroatoms. The molecule has 71 heavy (non-hydrogen) atoms. The number of ether oxygens (including phenoxy) is 5. The molecule has 1 amide bonds. The number of nitrogens with zero attached hydrogens (tertiary/aromatic N) is 2. The summed E-state index contributed by atoms with van der Waals surface area (Å²) in [5.41, 5.74) is -0.00795. The fourth-order valence-electron chi connectivity index (χ4n) is 11.1. The van der Waals surface area contributed by atoms with Gasteiger partial charge in [-0.05, 0) is 146 Å². The van der Waals surface area contributed by atoms with E-state index >= 15 is 0 Å². The highest BCUT2D eigenvalue weighted by atomic mass is 28.4. The van der Waals surface area contributed by atoms with Crippen LogP contribution in [0.15, 0.2) is 35.5 Å². The van der Waals surface area contributed by atoms with Crippen LogP contribution in [0.2, 0.25) is 54.4 Å². The largest absolute Gasteiger partial charge is 0.457 e. The lowest BCUT2D eigenvalue weighted by molar-refractivity contribution is -0.242. The molecule has 3 aliphatic rings. The number of hydrogen-bond acceptors (Lipinski definition) is 11. The quantitative estimate of drug-likeness (QED) is 0.0186. The second-order valence-electron chi connectivity index (χ2n) is 21.6. The zero-order valence-electron chi connectivity index (χ0n) is 48.5. The van der Waals surface area contributed by atoms with E-state index in [9.17, 15) is 9.59 Å². The smallest absolute Gasteiger partial charge is 0.410 e. The van der Waals surface area contributed by atoms with Crippen molar-refractivity contribution in [2.45, 2.75) is 265 Å². The fourth-order valence-corrected chi connectivity index (χ4v) is 20.1. The second-order valence-corrected chi connectivity index (χ2v) is 35.7. The molecule has 3 heterocycles. The molecule has 0 bridgehead atoms. The molecule has 0 unspecified atom stereocenters. The maximum Gasteiger partial charge on any atom is 0.410 e. The van der Waals surface area contributed by atoms with Crippen LogP contribution in [0.4, 0.5) is 4.79 Å². The Balaban J connectivity index is 2.15. The predicted molar refractivity (Wildman–Crippen MR) is 298 cm³/mol. The van der Waals surface area contributed by atoms with Gasteiger partial charge in [-0.3, -0.25) is 4.79 Å². The van der Waals surface area contributed by atoms with Gasteiger partial charge in [0.2, 0.25) is 0 Å². The molecule has 0 spiro atoms. The van der Waals surface area contributed by atoms with Crippen LogP contribution < -0.4 is 0 Å². The minimum atomic E-state index is -2.30. The number of piperazine rings is 1. The van der Waals surface area contributed by atoms with Crippen LogP contribution in [0.5, 0.6) is 0 Å². The molecule has 10 atom stereocenters. The van der Waals surface area contributed by atoms with Crippen molar-refractivity contribution in [3.05, 3.63) is 35.5 Å². The highest BCUT2D eigenvalue weighted by molar-refractivity contribution is 6.74. The number of hydrogen-bond donors (Lipinski definition) is 0. The number of epoxide rings is 1. The molecule has 0 N–H and O–H groups in total. The molecular formula is C56H106N2O10Si3. The first kappa shape index (κ1) is 63.6. The molecule has 412 valence electrons. The molecule has 12 nitrogen and oxygen atoms in total. The summed E-state index contributed by atoms with van der Waals surface area (Å²) in [4.78, 5) is 31.7. The second kappa shape index (κ2) is 29.6. The summed E-state index contributed by atoms with van der Waals surface area (Å²) >= 11 is 0. The lowest BCUT2D eigenvalue weighted by atomic mass is 9.78. The van der Waals surface area contributed by atoms with Crippen molar-refractivity contribution < 1.29 is 46.6 Å². The number of cyclic esters (lactones) is 1. The lowest BCUT2D eigenvalue weighted by Crippen LogP contribution is -2.62. The number of carbonyl (C=O) groups excluding carboxylic acids is 2. The SMILES string of the molecule is CCO[C@@H](C)O[C@](C)([C@H]1O[C@H]1[C@H](C)[C@H](CC)O[Si](CC)(CC)CC)[C@@](C)(/C=C/C(C)=C(\C)[C@H]1C/C=C/[C@H](OC(=O)N2CCN(C)CC2)CCC[C@@H](O[Si](CC)(CC)CC)CC(=O)O1)O[Si](CC)(CC)CC. The van der Waals surface area contributed by atoms with Crippen molar-refractivity contribution in [3.8, 4) is 0 Å². The van der Waals surface area contributed by atoms with Gasteiger partial charge in [0.15, 0.2) is 31.2 Å². The topological polar surface area (TPSA) is 118 Å². The van der Waals surface area contributed by atoms with E-state index in [-0.39, 0.29) is 48.8 Å². The highest BCUT2D eigenvalue weighted by Gasteiger charge is 2.65. The zero-order valence-corrected chi connectivity index (χ0v) is 51.5. The summed E-state index contributed by atoms with van der Waals surface area (Å²) in [5.74, 6) is -0.113. The first-order valence-corrected chi connectivity index (χ1v) is 36.1. The third kappa shape index (κ3) is 17.2. The molecule has 0 aromatic heterocycles. The van der Waals surface area contributed by atoms with Gasteiger partial charge in [0.05, 0.1) is 18.6 Å². The van der Waals surface area contributed by atoms with E-state index in [1.807, 2.05) is 30.9 Å². The van der Waals surface area contributed by atoms with Crippen molar-refractivity contribution in [2.75, 3.05) is 39.8 Å². The predicted octanol–water partition coefficient (Wildman–Crippen LogP) is 13.6. The first-order valence-electron chi connectivity index (χ1n) is 28.5. The molecule has 0 radical (unpaired) electrons. The van der Waals surface area contributed by atoms with Gasteiger partial charge in [0, 0.05) is 51.2 Å². The molecule has 3 aliphatic heterocycles. The number of allylic oxidation sites excluding steroid dienone is 2. The van der Waals surface area contributed by atoms with Crippen LogP contribution in [0.1, 0.15) is 156 Å². The third-order valence-corrected chi connectivity index (χ3v) is 31.7. The van der Waals surface area contributed by atoms with E-state index in [2.05, 4.69) is 128 Å². The normalized spacial score (nSPS) is 26.3. The van der Waals surface area contributed by atoms with E-state index < -0.39 is 54.7 Å². The Morgan fingerprint density at radius 3 is 1.94 bits per heavy atom. The van der Waals surface area contributed by atoms with Crippen LogP contribution >= 0.6 is 0 Å². The summed E-state index contributed by atoms with van der Waals surface area (Å²) in [7, 11) is -4.16. The van der Waals surface area contributed by atoms with E-state index in [0.29, 0.717) is 39.0 Å². The molecule has 2 fully saturated rings. The van der Waals surface area contributed by atoms with Gasteiger partial charge in [0.25, 0.3) is 0 Å². The Morgan fingerprint density at radius 2 is 1.41 bits per heavy atom. The molecule has 3 rings (SSSR count). The van der Waals surface area contributed by atoms with Gasteiger partial charge in [0.1, 0.15) is 29.5 Å². The molecular weight excluding hydrogens is 945 g/mol. The summed E-state index contributed by atoms with van der Waals surface area (Å²) in [6, 6.07) is 9.15. The van der Waals surface area contributed by atoms with Crippen molar-refractivity contribution in [1.29, 1.82) is 0 Å². The Labute approximate surface area is 437 Å². The van der Waals surface area contributed by atoms with E-state index in [4.69, 9.17) is 37.0 Å².